The van der Waals surface area contributed by atoms with E-state index in [1.807, 2.05) is 30.3 Å². The molecule has 0 aliphatic rings. The SMILES string of the molecule is CC(C)(CO)NC(=O)c1cnc(Cc2ccccc2)s1. The molecule has 0 unspecified atom stereocenters. The van der Waals surface area contributed by atoms with Gasteiger partial charge in [-0.25, -0.2) is 4.98 Å². The number of nitrogens with one attached hydrogen (secondary N) is 1. The Hall–Kier alpha value is -1.72. The Kier molecular flexibility index (Phi) is 4.52. The topological polar surface area (TPSA) is 62.2 Å². The highest BCUT2D eigenvalue weighted by molar-refractivity contribution is 7.13. The second-order valence-corrected chi connectivity index (χ2v) is 6.39. The van der Waals surface area contributed by atoms with Crippen LogP contribution >= 0.6 is 11.3 Å². The molecule has 0 saturated carbocycles. The van der Waals surface area contributed by atoms with Crippen molar-refractivity contribution in [2.45, 2.75) is 25.8 Å². The average molecular weight is 290 g/mol. The van der Waals surface area contributed by atoms with Gasteiger partial charge in [0.05, 0.1) is 23.4 Å². The molecule has 0 aliphatic carbocycles. The molecule has 1 aromatic heterocycles. The van der Waals surface area contributed by atoms with E-state index in [4.69, 9.17) is 5.11 Å². The van der Waals surface area contributed by atoms with E-state index in [-0.39, 0.29) is 12.5 Å². The van der Waals surface area contributed by atoms with Crippen LogP contribution in [-0.2, 0) is 6.42 Å². The molecule has 1 amide bonds. The van der Waals surface area contributed by atoms with Gasteiger partial charge in [0.1, 0.15) is 4.88 Å². The summed E-state index contributed by atoms with van der Waals surface area (Å²) in [5.41, 5.74) is 0.546. The van der Waals surface area contributed by atoms with Crippen molar-refractivity contribution in [3.05, 3.63) is 52.0 Å². The summed E-state index contributed by atoms with van der Waals surface area (Å²) in [6.07, 6.45) is 2.31. The maximum atomic E-state index is 12.0. The third kappa shape index (κ3) is 3.88. The third-order valence-corrected chi connectivity index (χ3v) is 3.82. The molecule has 0 atom stereocenters. The highest BCUT2D eigenvalue weighted by atomic mass is 32.1. The molecule has 1 heterocycles. The van der Waals surface area contributed by atoms with E-state index in [0.717, 1.165) is 11.4 Å². The number of carbonyl (C=O) groups is 1. The molecule has 20 heavy (non-hydrogen) atoms. The first-order valence-electron chi connectivity index (χ1n) is 6.42. The summed E-state index contributed by atoms with van der Waals surface area (Å²) in [5, 5.41) is 12.8. The lowest BCUT2D eigenvalue weighted by Gasteiger charge is -2.22. The molecule has 1 aromatic carbocycles. The van der Waals surface area contributed by atoms with Crippen LogP contribution in [0.5, 0.6) is 0 Å². The van der Waals surface area contributed by atoms with Gasteiger partial charge in [0.15, 0.2) is 0 Å². The van der Waals surface area contributed by atoms with Crippen LogP contribution in [0.2, 0.25) is 0 Å². The standard InChI is InChI=1S/C15H18N2O2S/c1-15(2,10-18)17-14(19)12-9-16-13(20-12)8-11-6-4-3-5-7-11/h3-7,9,18H,8,10H2,1-2H3,(H,17,19). The van der Waals surface area contributed by atoms with Crippen LogP contribution in [0.4, 0.5) is 0 Å². The van der Waals surface area contributed by atoms with Gasteiger partial charge in [0.25, 0.3) is 5.91 Å². The van der Waals surface area contributed by atoms with Crippen LogP contribution in [0, 0.1) is 0 Å². The number of hydrogen-bond donors (Lipinski definition) is 2. The van der Waals surface area contributed by atoms with Crippen molar-refractivity contribution in [3.8, 4) is 0 Å². The number of thiazole rings is 1. The zero-order valence-electron chi connectivity index (χ0n) is 11.6. The molecular formula is C15H18N2O2S. The fourth-order valence-electron chi connectivity index (χ4n) is 1.68. The van der Waals surface area contributed by atoms with E-state index in [2.05, 4.69) is 10.3 Å². The van der Waals surface area contributed by atoms with E-state index in [0.29, 0.717) is 4.88 Å². The molecule has 2 aromatic rings. The molecule has 2 N–H and O–H groups in total. The monoisotopic (exact) mass is 290 g/mol. The molecule has 0 radical (unpaired) electrons. The molecule has 2 rings (SSSR count). The summed E-state index contributed by atoms with van der Waals surface area (Å²) >= 11 is 1.38. The average Bonchev–Trinajstić information content (AvgIpc) is 2.88. The lowest BCUT2D eigenvalue weighted by Crippen LogP contribution is -2.46. The number of carbonyl (C=O) groups excluding carboxylic acids is 1. The summed E-state index contributed by atoms with van der Waals surface area (Å²) in [4.78, 5) is 16.9. The zero-order valence-corrected chi connectivity index (χ0v) is 12.4. The molecule has 0 aliphatic heterocycles. The fourth-order valence-corrected chi connectivity index (χ4v) is 2.52. The van der Waals surface area contributed by atoms with Crippen molar-refractivity contribution < 1.29 is 9.90 Å². The number of rotatable bonds is 5. The molecular weight excluding hydrogens is 272 g/mol. The number of aliphatic hydroxyl groups excluding tert-OH is 1. The molecule has 0 bridgehead atoms. The molecule has 0 fully saturated rings. The lowest BCUT2D eigenvalue weighted by molar-refractivity contribution is 0.0873. The predicted octanol–water partition coefficient (Wildman–Crippen LogP) is 2.23. The zero-order chi connectivity index (χ0) is 14.6. The second-order valence-electron chi connectivity index (χ2n) is 5.28. The van der Waals surface area contributed by atoms with Gasteiger partial charge >= 0.3 is 0 Å². The Bertz CT molecular complexity index is 579. The molecule has 0 spiro atoms. The number of amides is 1. The van der Waals surface area contributed by atoms with E-state index >= 15 is 0 Å². The van der Waals surface area contributed by atoms with Crippen LogP contribution < -0.4 is 5.32 Å². The highest BCUT2D eigenvalue weighted by Gasteiger charge is 2.21. The Morgan fingerprint density at radius 2 is 2.05 bits per heavy atom. The van der Waals surface area contributed by atoms with E-state index in [1.165, 1.54) is 16.9 Å². The summed E-state index contributed by atoms with van der Waals surface area (Å²) in [6.45, 7) is 3.45. The normalized spacial score (nSPS) is 11.3. The van der Waals surface area contributed by atoms with Crippen LogP contribution in [-0.4, -0.2) is 28.1 Å². The summed E-state index contributed by atoms with van der Waals surface area (Å²) < 4.78 is 0. The quantitative estimate of drug-likeness (QED) is 0.887. The van der Waals surface area contributed by atoms with Crippen LogP contribution in [0.1, 0.15) is 34.1 Å². The van der Waals surface area contributed by atoms with Gasteiger partial charge in [-0.05, 0) is 19.4 Å². The smallest absolute Gasteiger partial charge is 0.263 e. The highest BCUT2D eigenvalue weighted by Crippen LogP contribution is 2.17. The van der Waals surface area contributed by atoms with Crippen LogP contribution in [0.15, 0.2) is 36.5 Å². The molecule has 106 valence electrons. The number of benzene rings is 1. The van der Waals surface area contributed by atoms with Crippen molar-refractivity contribution >= 4 is 17.2 Å². The first kappa shape index (κ1) is 14.7. The van der Waals surface area contributed by atoms with Gasteiger partial charge in [0.2, 0.25) is 0 Å². The number of hydrogen-bond acceptors (Lipinski definition) is 4. The van der Waals surface area contributed by atoms with Crippen molar-refractivity contribution in [2.75, 3.05) is 6.61 Å². The van der Waals surface area contributed by atoms with Gasteiger partial charge in [-0.3, -0.25) is 4.79 Å². The minimum Gasteiger partial charge on any atom is -0.394 e. The van der Waals surface area contributed by atoms with Gasteiger partial charge < -0.3 is 10.4 Å². The third-order valence-electron chi connectivity index (χ3n) is 2.82. The van der Waals surface area contributed by atoms with E-state index in [1.54, 1.807) is 20.0 Å². The van der Waals surface area contributed by atoms with Crippen LogP contribution in [0.25, 0.3) is 0 Å². The van der Waals surface area contributed by atoms with E-state index in [9.17, 15) is 4.79 Å². The maximum Gasteiger partial charge on any atom is 0.263 e. The van der Waals surface area contributed by atoms with Crippen molar-refractivity contribution in [1.29, 1.82) is 0 Å². The molecule has 0 saturated heterocycles. The summed E-state index contributed by atoms with van der Waals surface area (Å²) in [5.74, 6) is -0.194. The summed E-state index contributed by atoms with van der Waals surface area (Å²) in [7, 11) is 0. The number of nitrogens with zero attached hydrogens (tertiary/aromatic N) is 1. The Labute approximate surface area is 122 Å². The van der Waals surface area contributed by atoms with Gasteiger partial charge in [-0.15, -0.1) is 11.3 Å². The Balaban J connectivity index is 2.04. The van der Waals surface area contributed by atoms with Gasteiger partial charge in [-0.1, -0.05) is 30.3 Å². The molecule has 4 nitrogen and oxygen atoms in total. The van der Waals surface area contributed by atoms with Gasteiger partial charge in [0, 0.05) is 6.42 Å². The largest absolute Gasteiger partial charge is 0.394 e. The lowest BCUT2D eigenvalue weighted by atomic mass is 10.1. The Morgan fingerprint density at radius 1 is 1.35 bits per heavy atom. The van der Waals surface area contributed by atoms with Crippen molar-refractivity contribution in [3.63, 3.8) is 0 Å². The fraction of sp³-hybridized carbons (Fsp3) is 0.333. The molecule has 5 heteroatoms. The first-order valence-corrected chi connectivity index (χ1v) is 7.24. The number of aliphatic hydroxyl groups is 1. The summed E-state index contributed by atoms with van der Waals surface area (Å²) in [6, 6.07) is 10.0. The van der Waals surface area contributed by atoms with Crippen molar-refractivity contribution in [2.24, 2.45) is 0 Å². The van der Waals surface area contributed by atoms with Crippen LogP contribution in [0.3, 0.4) is 0 Å². The maximum absolute atomic E-state index is 12.0. The van der Waals surface area contributed by atoms with E-state index < -0.39 is 5.54 Å². The Morgan fingerprint density at radius 3 is 2.70 bits per heavy atom. The van der Waals surface area contributed by atoms with Gasteiger partial charge in [-0.2, -0.15) is 0 Å². The van der Waals surface area contributed by atoms with Crippen molar-refractivity contribution in [1.82, 2.24) is 10.3 Å². The minimum atomic E-state index is -0.624. The second kappa shape index (κ2) is 6.15. The predicted molar refractivity (Wildman–Crippen MR) is 80.0 cm³/mol. The minimum absolute atomic E-state index is 0.103. The number of aromatic nitrogens is 1. The first-order chi connectivity index (χ1) is 9.50.